The summed E-state index contributed by atoms with van der Waals surface area (Å²) in [5.41, 5.74) is 1.23. The number of quaternary nitrogens is 2. The monoisotopic (exact) mass is 389 g/mol. The highest BCUT2D eigenvalue weighted by atomic mass is 16.5. The first-order chi connectivity index (χ1) is 13.5. The van der Waals surface area contributed by atoms with E-state index in [-0.39, 0.29) is 11.9 Å². The van der Waals surface area contributed by atoms with Crippen molar-refractivity contribution in [1.82, 2.24) is 5.32 Å². The molecule has 1 amide bonds. The van der Waals surface area contributed by atoms with Gasteiger partial charge in [-0.05, 0) is 24.0 Å². The van der Waals surface area contributed by atoms with E-state index in [1.54, 1.807) is 4.90 Å². The molecule has 0 saturated carbocycles. The molecular weight excluding hydrogens is 354 g/mol. The Morgan fingerprint density at radius 3 is 2.36 bits per heavy atom. The van der Waals surface area contributed by atoms with E-state index in [2.05, 4.69) is 29.6 Å². The van der Waals surface area contributed by atoms with Crippen LogP contribution in [-0.4, -0.2) is 64.3 Å². The zero-order valence-corrected chi connectivity index (χ0v) is 17.4. The zero-order chi connectivity index (χ0) is 20.4. The number of piperazine rings is 1. The summed E-state index contributed by atoms with van der Waals surface area (Å²) in [5, 5.41) is 2.86. The minimum Gasteiger partial charge on any atom is -0.467 e. The number of esters is 1. The molecule has 1 saturated heterocycles. The minimum atomic E-state index is -0.549. The Morgan fingerprint density at radius 1 is 1.11 bits per heavy atom. The van der Waals surface area contributed by atoms with E-state index in [9.17, 15) is 9.59 Å². The number of rotatable bonds is 9. The highest BCUT2D eigenvalue weighted by molar-refractivity contribution is 5.84. The van der Waals surface area contributed by atoms with Gasteiger partial charge in [0.05, 0.1) is 13.7 Å². The number of methoxy groups -OCH3 is 1. The summed E-state index contributed by atoms with van der Waals surface area (Å²) in [7, 11) is 1.36. The average molecular weight is 390 g/mol. The molecule has 1 aliphatic heterocycles. The van der Waals surface area contributed by atoms with Gasteiger partial charge in [0.15, 0.2) is 6.54 Å². The Kier molecular flexibility index (Phi) is 9.17. The molecule has 3 N–H and O–H groups in total. The van der Waals surface area contributed by atoms with Gasteiger partial charge in [0.1, 0.15) is 32.2 Å². The Hall–Kier alpha value is -2.18. The summed E-state index contributed by atoms with van der Waals surface area (Å²) in [6.07, 6.45) is 5.00. The topological polar surface area (TPSA) is 64.3 Å². The van der Waals surface area contributed by atoms with Crippen LogP contribution in [0.25, 0.3) is 6.08 Å². The number of hydrogen-bond donors (Lipinski definition) is 3. The van der Waals surface area contributed by atoms with Crippen LogP contribution in [0, 0.1) is 5.92 Å². The fraction of sp³-hybridized carbons (Fsp3) is 0.545. The molecule has 1 aromatic carbocycles. The lowest BCUT2D eigenvalue weighted by Crippen LogP contribution is -3.28. The molecule has 0 aliphatic carbocycles. The van der Waals surface area contributed by atoms with Crippen LogP contribution in [0.1, 0.15) is 25.8 Å². The number of carbonyl (C=O) groups is 2. The molecule has 6 heteroatoms. The van der Waals surface area contributed by atoms with Crippen molar-refractivity contribution < 1.29 is 24.1 Å². The second-order valence-electron chi connectivity index (χ2n) is 7.97. The van der Waals surface area contributed by atoms with E-state index in [0.717, 1.165) is 32.7 Å². The third-order valence-electron chi connectivity index (χ3n) is 5.12. The largest absolute Gasteiger partial charge is 0.467 e. The number of benzene rings is 1. The molecule has 2 rings (SSSR count). The van der Waals surface area contributed by atoms with E-state index in [4.69, 9.17) is 4.74 Å². The maximum absolute atomic E-state index is 12.4. The van der Waals surface area contributed by atoms with Gasteiger partial charge in [-0.3, -0.25) is 4.79 Å². The van der Waals surface area contributed by atoms with Crippen LogP contribution in [0.3, 0.4) is 0 Å². The molecule has 1 atom stereocenters. The maximum atomic E-state index is 12.4. The SMILES string of the molecule is COC(=O)[C@H](CC(C)C)NC(=O)C[NH+]1CC[NH+](C/C=C/c2ccccc2)CC1. The Morgan fingerprint density at radius 2 is 1.75 bits per heavy atom. The first-order valence-electron chi connectivity index (χ1n) is 10.2. The van der Waals surface area contributed by atoms with E-state index < -0.39 is 6.04 Å². The van der Waals surface area contributed by atoms with Crippen LogP contribution < -0.4 is 15.1 Å². The minimum absolute atomic E-state index is 0.0709. The van der Waals surface area contributed by atoms with Crippen molar-refractivity contribution in [1.29, 1.82) is 0 Å². The number of ether oxygens (including phenoxy) is 1. The van der Waals surface area contributed by atoms with Gasteiger partial charge in [-0.25, -0.2) is 4.79 Å². The fourth-order valence-electron chi connectivity index (χ4n) is 3.56. The lowest BCUT2D eigenvalue weighted by atomic mass is 10.0. The second-order valence-corrected chi connectivity index (χ2v) is 7.97. The average Bonchev–Trinajstić information content (AvgIpc) is 2.68. The van der Waals surface area contributed by atoms with Gasteiger partial charge in [0, 0.05) is 0 Å². The summed E-state index contributed by atoms with van der Waals surface area (Å²) in [6, 6.07) is 9.78. The maximum Gasteiger partial charge on any atom is 0.328 e. The normalized spacial score (nSPS) is 20.9. The molecule has 6 nitrogen and oxygen atoms in total. The quantitative estimate of drug-likeness (QED) is 0.484. The van der Waals surface area contributed by atoms with Crippen LogP contribution in [0.2, 0.25) is 0 Å². The van der Waals surface area contributed by atoms with Crippen molar-refractivity contribution in [2.45, 2.75) is 26.3 Å². The van der Waals surface area contributed by atoms with E-state index in [1.807, 2.05) is 32.0 Å². The molecule has 154 valence electrons. The van der Waals surface area contributed by atoms with Crippen molar-refractivity contribution >= 4 is 18.0 Å². The molecule has 1 fully saturated rings. The lowest BCUT2D eigenvalue weighted by molar-refractivity contribution is -1.01. The van der Waals surface area contributed by atoms with Crippen LogP contribution in [-0.2, 0) is 14.3 Å². The van der Waals surface area contributed by atoms with Gasteiger partial charge in [0.25, 0.3) is 5.91 Å². The van der Waals surface area contributed by atoms with E-state index in [1.165, 1.54) is 17.6 Å². The Bertz CT molecular complexity index is 638. The van der Waals surface area contributed by atoms with Gasteiger partial charge in [0.2, 0.25) is 0 Å². The third-order valence-corrected chi connectivity index (χ3v) is 5.12. The first kappa shape index (κ1) is 22.1. The molecule has 0 bridgehead atoms. The second kappa shape index (κ2) is 11.6. The van der Waals surface area contributed by atoms with Gasteiger partial charge < -0.3 is 19.9 Å². The van der Waals surface area contributed by atoms with Crippen LogP contribution in [0.15, 0.2) is 36.4 Å². The molecule has 0 radical (unpaired) electrons. The lowest BCUT2D eigenvalue weighted by Gasteiger charge is -2.29. The highest BCUT2D eigenvalue weighted by Gasteiger charge is 2.27. The Balaban J connectivity index is 1.71. The van der Waals surface area contributed by atoms with Crippen molar-refractivity contribution in [2.24, 2.45) is 5.92 Å². The molecule has 1 aromatic rings. The molecule has 1 aliphatic rings. The number of nitrogens with one attached hydrogen (secondary N) is 3. The summed E-state index contributed by atoms with van der Waals surface area (Å²) < 4.78 is 4.82. The van der Waals surface area contributed by atoms with E-state index >= 15 is 0 Å². The van der Waals surface area contributed by atoms with Gasteiger partial charge in [-0.2, -0.15) is 0 Å². The molecule has 1 heterocycles. The summed E-state index contributed by atoms with van der Waals surface area (Å²) >= 11 is 0. The number of hydrogen-bond acceptors (Lipinski definition) is 3. The number of carbonyl (C=O) groups excluding carboxylic acids is 2. The van der Waals surface area contributed by atoms with Crippen molar-refractivity contribution in [2.75, 3.05) is 46.4 Å². The summed E-state index contributed by atoms with van der Waals surface area (Å²) in [6.45, 7) is 9.52. The summed E-state index contributed by atoms with van der Waals surface area (Å²) in [4.78, 5) is 27.1. The molecule has 0 aromatic heterocycles. The number of amides is 1. The Labute approximate surface area is 168 Å². The third kappa shape index (κ3) is 7.82. The van der Waals surface area contributed by atoms with Crippen molar-refractivity contribution in [3.63, 3.8) is 0 Å². The highest BCUT2D eigenvalue weighted by Crippen LogP contribution is 2.05. The van der Waals surface area contributed by atoms with Crippen molar-refractivity contribution in [3.05, 3.63) is 42.0 Å². The van der Waals surface area contributed by atoms with Gasteiger partial charge in [-0.1, -0.05) is 50.3 Å². The van der Waals surface area contributed by atoms with Crippen LogP contribution >= 0.6 is 0 Å². The standard InChI is InChI=1S/C22H33N3O3/c1-18(2)16-20(22(27)28-3)23-21(26)17-25-14-12-24(13-15-25)11-7-10-19-8-5-4-6-9-19/h4-10,18,20H,11-17H2,1-3H3,(H,23,26)/p+2/b10-7+/t20-/m0/s1. The summed E-state index contributed by atoms with van der Waals surface area (Å²) in [5.74, 6) is -0.122. The molecule has 0 unspecified atom stereocenters. The van der Waals surface area contributed by atoms with Crippen LogP contribution in [0.5, 0.6) is 0 Å². The van der Waals surface area contributed by atoms with Gasteiger partial charge in [-0.15, -0.1) is 0 Å². The predicted molar refractivity (Wildman–Crippen MR) is 110 cm³/mol. The zero-order valence-electron chi connectivity index (χ0n) is 17.4. The van der Waals surface area contributed by atoms with Crippen molar-refractivity contribution in [3.8, 4) is 0 Å². The molecular formula is C22H35N3O3+2. The predicted octanol–water partition coefficient (Wildman–Crippen LogP) is -0.813. The molecule has 28 heavy (non-hydrogen) atoms. The van der Waals surface area contributed by atoms with E-state index in [0.29, 0.717) is 18.9 Å². The van der Waals surface area contributed by atoms with Gasteiger partial charge >= 0.3 is 5.97 Å². The first-order valence-corrected chi connectivity index (χ1v) is 10.2. The smallest absolute Gasteiger partial charge is 0.328 e. The fourth-order valence-corrected chi connectivity index (χ4v) is 3.56. The van der Waals surface area contributed by atoms with Crippen LogP contribution in [0.4, 0.5) is 0 Å². The molecule has 0 spiro atoms.